The number of aryl methyl sites for hydroxylation is 1. The lowest BCUT2D eigenvalue weighted by Crippen LogP contribution is -2.15. The van der Waals surface area contributed by atoms with Gasteiger partial charge in [-0.3, -0.25) is 0 Å². The fourth-order valence-electron chi connectivity index (χ4n) is 3.07. The van der Waals surface area contributed by atoms with Crippen molar-refractivity contribution in [1.29, 1.82) is 0 Å². The zero-order valence-corrected chi connectivity index (χ0v) is 17.3. The maximum Gasteiger partial charge on any atom is 0.159 e. The molecule has 0 aliphatic carbocycles. The third-order valence-corrected chi connectivity index (χ3v) is 5.52. The Kier molecular flexibility index (Phi) is 5.96. The fourth-order valence-corrected chi connectivity index (χ4v) is 3.26. The molecule has 3 aromatic rings. The Morgan fingerprint density at radius 1 is 0.889 bits per heavy atom. The zero-order valence-electron chi connectivity index (χ0n) is 16.6. The standard InChI is InChI=1S/C24H27ClN2/c1-5-21-16-22(27-23(26-21)18-8-7-9-20(25)15-18)14-17-10-12-19(13-11-17)24(3,4)6-2/h7-13,15-16H,5-6,14H2,1-4H3. The highest BCUT2D eigenvalue weighted by molar-refractivity contribution is 6.30. The SMILES string of the molecule is CCc1cc(Cc2ccc(C(C)(C)CC)cc2)nc(-c2cccc(Cl)c2)n1. The van der Waals surface area contributed by atoms with E-state index in [-0.39, 0.29) is 5.41 Å². The van der Waals surface area contributed by atoms with Crippen LogP contribution < -0.4 is 0 Å². The van der Waals surface area contributed by atoms with Crippen molar-refractivity contribution in [1.82, 2.24) is 9.97 Å². The van der Waals surface area contributed by atoms with Crippen molar-refractivity contribution in [3.63, 3.8) is 0 Å². The van der Waals surface area contributed by atoms with Crippen molar-refractivity contribution in [3.8, 4) is 11.4 Å². The normalized spacial score (nSPS) is 11.6. The molecular weight excluding hydrogens is 352 g/mol. The maximum atomic E-state index is 6.15. The Balaban J connectivity index is 1.89. The predicted octanol–water partition coefficient (Wildman–Crippen LogP) is 6.64. The first-order chi connectivity index (χ1) is 12.9. The molecule has 0 N–H and O–H groups in total. The minimum absolute atomic E-state index is 0.211. The van der Waals surface area contributed by atoms with Gasteiger partial charge in [-0.15, -0.1) is 0 Å². The van der Waals surface area contributed by atoms with Gasteiger partial charge in [0.15, 0.2) is 5.82 Å². The Morgan fingerprint density at radius 2 is 1.59 bits per heavy atom. The first-order valence-corrected chi connectivity index (χ1v) is 10.0. The zero-order chi connectivity index (χ0) is 19.4. The summed E-state index contributed by atoms with van der Waals surface area (Å²) < 4.78 is 0. The minimum atomic E-state index is 0.211. The molecule has 0 bridgehead atoms. The van der Waals surface area contributed by atoms with Gasteiger partial charge in [0.1, 0.15) is 0 Å². The van der Waals surface area contributed by atoms with Crippen LogP contribution in [0.4, 0.5) is 0 Å². The van der Waals surface area contributed by atoms with Gasteiger partial charge >= 0.3 is 0 Å². The van der Waals surface area contributed by atoms with Gasteiger partial charge in [0.2, 0.25) is 0 Å². The van der Waals surface area contributed by atoms with Gasteiger partial charge in [-0.05, 0) is 47.6 Å². The van der Waals surface area contributed by atoms with Crippen LogP contribution >= 0.6 is 11.6 Å². The molecule has 27 heavy (non-hydrogen) atoms. The molecule has 2 aromatic carbocycles. The molecular formula is C24H27ClN2. The summed E-state index contributed by atoms with van der Waals surface area (Å²) in [7, 11) is 0. The van der Waals surface area contributed by atoms with Crippen LogP contribution in [0.25, 0.3) is 11.4 Å². The topological polar surface area (TPSA) is 25.8 Å². The lowest BCUT2D eigenvalue weighted by molar-refractivity contribution is 0.506. The van der Waals surface area contributed by atoms with Crippen molar-refractivity contribution < 1.29 is 0 Å². The van der Waals surface area contributed by atoms with Gasteiger partial charge in [0, 0.05) is 28.4 Å². The summed E-state index contributed by atoms with van der Waals surface area (Å²) in [5.41, 5.74) is 5.91. The highest BCUT2D eigenvalue weighted by Crippen LogP contribution is 2.27. The summed E-state index contributed by atoms with van der Waals surface area (Å²) in [4.78, 5) is 9.50. The Bertz CT molecular complexity index is 914. The van der Waals surface area contributed by atoms with Crippen LogP contribution in [0.2, 0.25) is 5.02 Å². The van der Waals surface area contributed by atoms with E-state index in [1.54, 1.807) is 0 Å². The molecule has 1 aromatic heterocycles. The van der Waals surface area contributed by atoms with E-state index >= 15 is 0 Å². The molecule has 140 valence electrons. The molecule has 0 amide bonds. The molecule has 1 heterocycles. The van der Waals surface area contributed by atoms with E-state index in [4.69, 9.17) is 21.6 Å². The minimum Gasteiger partial charge on any atom is -0.233 e. The Hall–Kier alpha value is -2.19. The second-order valence-electron chi connectivity index (χ2n) is 7.65. The predicted molar refractivity (Wildman–Crippen MR) is 114 cm³/mol. The quantitative estimate of drug-likeness (QED) is 0.480. The number of nitrogens with zero attached hydrogens (tertiary/aromatic N) is 2. The van der Waals surface area contributed by atoms with E-state index in [1.807, 2.05) is 24.3 Å². The van der Waals surface area contributed by atoms with Gasteiger partial charge in [0.25, 0.3) is 0 Å². The largest absolute Gasteiger partial charge is 0.233 e. The first kappa shape index (κ1) is 19.6. The van der Waals surface area contributed by atoms with Crippen LogP contribution in [0.15, 0.2) is 54.6 Å². The van der Waals surface area contributed by atoms with Crippen molar-refractivity contribution in [2.24, 2.45) is 0 Å². The number of halogens is 1. The third-order valence-electron chi connectivity index (χ3n) is 5.28. The lowest BCUT2D eigenvalue weighted by atomic mass is 9.82. The summed E-state index contributed by atoms with van der Waals surface area (Å²) in [6, 6.07) is 18.8. The van der Waals surface area contributed by atoms with Crippen LogP contribution in [0.5, 0.6) is 0 Å². The summed E-state index contributed by atoms with van der Waals surface area (Å²) in [5.74, 6) is 0.746. The van der Waals surface area contributed by atoms with Crippen LogP contribution in [0.3, 0.4) is 0 Å². The highest BCUT2D eigenvalue weighted by Gasteiger charge is 2.17. The molecule has 0 atom stereocenters. The second kappa shape index (κ2) is 8.22. The lowest BCUT2D eigenvalue weighted by Gasteiger charge is -2.23. The van der Waals surface area contributed by atoms with E-state index in [0.717, 1.165) is 42.0 Å². The molecule has 3 heteroatoms. The molecule has 0 saturated carbocycles. The van der Waals surface area contributed by atoms with Crippen molar-refractivity contribution in [2.45, 2.75) is 52.4 Å². The van der Waals surface area contributed by atoms with Gasteiger partial charge in [-0.2, -0.15) is 0 Å². The third kappa shape index (κ3) is 4.75. The molecule has 0 saturated heterocycles. The molecule has 0 fully saturated rings. The van der Waals surface area contributed by atoms with E-state index in [1.165, 1.54) is 11.1 Å². The fraction of sp³-hybridized carbons (Fsp3) is 0.333. The van der Waals surface area contributed by atoms with Crippen molar-refractivity contribution in [3.05, 3.63) is 82.1 Å². The Morgan fingerprint density at radius 3 is 2.22 bits per heavy atom. The Labute approximate surface area is 167 Å². The summed E-state index contributed by atoms with van der Waals surface area (Å²) in [5, 5.41) is 0.702. The van der Waals surface area contributed by atoms with Gasteiger partial charge in [-0.1, -0.05) is 75.7 Å². The highest BCUT2D eigenvalue weighted by atomic mass is 35.5. The average Bonchev–Trinajstić information content (AvgIpc) is 2.68. The van der Waals surface area contributed by atoms with Crippen LogP contribution in [-0.4, -0.2) is 9.97 Å². The van der Waals surface area contributed by atoms with E-state index < -0.39 is 0 Å². The van der Waals surface area contributed by atoms with E-state index in [9.17, 15) is 0 Å². The molecule has 3 rings (SSSR count). The van der Waals surface area contributed by atoms with Gasteiger partial charge in [-0.25, -0.2) is 9.97 Å². The number of aromatic nitrogens is 2. The number of hydrogen-bond donors (Lipinski definition) is 0. The van der Waals surface area contributed by atoms with Crippen molar-refractivity contribution >= 4 is 11.6 Å². The van der Waals surface area contributed by atoms with Crippen molar-refractivity contribution in [2.75, 3.05) is 0 Å². The monoisotopic (exact) mass is 378 g/mol. The molecule has 0 unspecified atom stereocenters. The number of benzene rings is 2. The van der Waals surface area contributed by atoms with Crippen LogP contribution in [-0.2, 0) is 18.3 Å². The maximum absolute atomic E-state index is 6.15. The van der Waals surface area contributed by atoms with Gasteiger partial charge < -0.3 is 0 Å². The summed E-state index contributed by atoms with van der Waals surface area (Å²) >= 11 is 6.15. The summed E-state index contributed by atoms with van der Waals surface area (Å²) in [6.07, 6.45) is 2.81. The smallest absolute Gasteiger partial charge is 0.159 e. The summed E-state index contributed by atoms with van der Waals surface area (Å²) in [6.45, 7) is 8.93. The van der Waals surface area contributed by atoms with Gasteiger partial charge in [0.05, 0.1) is 0 Å². The van der Waals surface area contributed by atoms with E-state index in [0.29, 0.717) is 5.02 Å². The molecule has 0 spiro atoms. The molecule has 2 nitrogen and oxygen atoms in total. The molecule has 0 radical (unpaired) electrons. The number of rotatable bonds is 6. The first-order valence-electron chi connectivity index (χ1n) is 9.63. The van der Waals surface area contributed by atoms with Crippen LogP contribution in [0, 0.1) is 0 Å². The second-order valence-corrected chi connectivity index (χ2v) is 8.09. The molecule has 0 aliphatic rings. The van der Waals surface area contributed by atoms with Crippen LogP contribution in [0.1, 0.15) is 56.6 Å². The van der Waals surface area contributed by atoms with E-state index in [2.05, 4.69) is 58.0 Å². The number of hydrogen-bond acceptors (Lipinski definition) is 2. The molecule has 0 aliphatic heterocycles. The average molecular weight is 379 g/mol.